The van der Waals surface area contributed by atoms with E-state index in [2.05, 4.69) is 12.1 Å². The second-order valence-corrected chi connectivity index (χ2v) is 9.37. The molecule has 0 radical (unpaired) electrons. The minimum Gasteiger partial charge on any atom is -0.530 e. The van der Waals surface area contributed by atoms with Gasteiger partial charge in [0.15, 0.2) is 0 Å². The molecule has 0 bridgehead atoms. The van der Waals surface area contributed by atoms with Crippen molar-refractivity contribution >= 4 is 16.9 Å². The highest BCUT2D eigenvalue weighted by atomic mass is 19.1. The molecule has 0 saturated carbocycles. The first kappa shape index (κ1) is 24.8. The molecule has 4 aromatic carbocycles. The fraction of sp³-hybridized carbons (Fsp3) is 0.258. The Kier molecular flexibility index (Phi) is 7.66. The van der Waals surface area contributed by atoms with Gasteiger partial charge in [0.2, 0.25) is 0 Å². The van der Waals surface area contributed by atoms with E-state index in [1.165, 1.54) is 22.6 Å². The number of carbonyl (C=O) groups excluding carboxylic acids is 1. The molecule has 5 nitrogen and oxygen atoms in total. The molecule has 6 heteroatoms. The number of carbonyl (C=O) groups is 1. The van der Waals surface area contributed by atoms with E-state index in [9.17, 15) is 14.3 Å². The summed E-state index contributed by atoms with van der Waals surface area (Å²) >= 11 is 0. The monoisotopic (exact) mass is 498 g/mol. The van der Waals surface area contributed by atoms with Crippen LogP contribution in [0.2, 0.25) is 0 Å². The molecule has 0 aliphatic carbocycles. The van der Waals surface area contributed by atoms with Crippen molar-refractivity contribution in [1.82, 2.24) is 4.90 Å². The van der Waals surface area contributed by atoms with Crippen molar-refractivity contribution in [3.8, 4) is 5.75 Å². The van der Waals surface area contributed by atoms with Gasteiger partial charge in [0, 0.05) is 36.4 Å². The molecule has 37 heavy (non-hydrogen) atoms. The molecular weight excluding hydrogens is 469 g/mol. The molecule has 0 spiro atoms. The Labute approximate surface area is 216 Å². The SMILES string of the molecule is O=C([O-])N1CCC(c2ccc(F)cc2)C(OCc2ccc3ccccc3c2OCCc2ccccc2)C1. The average molecular weight is 499 g/mol. The Hall–Kier alpha value is -3.90. The van der Waals surface area contributed by atoms with E-state index in [0.717, 1.165) is 34.1 Å². The van der Waals surface area contributed by atoms with Gasteiger partial charge in [-0.05, 0) is 35.1 Å². The molecule has 1 aliphatic rings. The smallest absolute Gasteiger partial charge is 0.137 e. The number of carboxylic acid groups (broad SMARTS) is 1. The quantitative estimate of drug-likeness (QED) is 0.330. The molecule has 1 heterocycles. The lowest BCUT2D eigenvalue weighted by Crippen LogP contribution is -2.51. The third kappa shape index (κ3) is 5.92. The van der Waals surface area contributed by atoms with E-state index in [1.807, 2.05) is 54.6 Å². The first-order valence-corrected chi connectivity index (χ1v) is 12.6. The van der Waals surface area contributed by atoms with Crippen LogP contribution in [0.5, 0.6) is 5.75 Å². The number of rotatable bonds is 8. The van der Waals surface area contributed by atoms with Gasteiger partial charge in [-0.25, -0.2) is 4.39 Å². The van der Waals surface area contributed by atoms with Crippen molar-refractivity contribution in [2.45, 2.75) is 31.5 Å². The first-order chi connectivity index (χ1) is 18.1. The van der Waals surface area contributed by atoms with Gasteiger partial charge in [0.05, 0.1) is 19.3 Å². The molecule has 1 saturated heterocycles. The number of hydrogen-bond acceptors (Lipinski definition) is 4. The van der Waals surface area contributed by atoms with Crippen molar-refractivity contribution in [3.63, 3.8) is 0 Å². The molecule has 4 aromatic rings. The molecular formula is C31H29FNO4-. The zero-order valence-corrected chi connectivity index (χ0v) is 20.5. The van der Waals surface area contributed by atoms with Gasteiger partial charge in [0.25, 0.3) is 0 Å². The number of halogens is 1. The number of hydrogen-bond donors (Lipinski definition) is 0. The molecule has 0 N–H and O–H groups in total. The molecule has 190 valence electrons. The third-order valence-corrected chi connectivity index (χ3v) is 7.01. The lowest BCUT2D eigenvalue weighted by molar-refractivity contribution is -0.268. The summed E-state index contributed by atoms with van der Waals surface area (Å²) in [4.78, 5) is 12.9. The second-order valence-electron chi connectivity index (χ2n) is 9.37. The summed E-state index contributed by atoms with van der Waals surface area (Å²) in [6.07, 6.45) is -0.259. The number of benzene rings is 4. The molecule has 1 fully saturated rings. The van der Waals surface area contributed by atoms with Crippen LogP contribution in [0, 0.1) is 5.82 Å². The van der Waals surface area contributed by atoms with E-state index in [0.29, 0.717) is 19.6 Å². The van der Waals surface area contributed by atoms with Crippen LogP contribution in [0.3, 0.4) is 0 Å². The highest BCUT2D eigenvalue weighted by molar-refractivity contribution is 5.89. The predicted octanol–water partition coefficient (Wildman–Crippen LogP) is 5.32. The van der Waals surface area contributed by atoms with Gasteiger partial charge in [0.1, 0.15) is 17.7 Å². The summed E-state index contributed by atoms with van der Waals surface area (Å²) in [5, 5.41) is 13.7. The number of amides is 1. The zero-order valence-electron chi connectivity index (χ0n) is 20.5. The van der Waals surface area contributed by atoms with Gasteiger partial charge < -0.3 is 24.3 Å². The summed E-state index contributed by atoms with van der Waals surface area (Å²) in [6.45, 7) is 1.33. The Morgan fingerprint density at radius 3 is 2.49 bits per heavy atom. The maximum absolute atomic E-state index is 13.5. The van der Waals surface area contributed by atoms with Gasteiger partial charge in [-0.1, -0.05) is 78.9 Å². The summed E-state index contributed by atoms with van der Waals surface area (Å²) < 4.78 is 26.3. The number of nitrogens with zero attached hydrogens (tertiary/aromatic N) is 1. The predicted molar refractivity (Wildman–Crippen MR) is 139 cm³/mol. The summed E-state index contributed by atoms with van der Waals surface area (Å²) in [5.74, 6) is 0.417. The summed E-state index contributed by atoms with van der Waals surface area (Å²) in [7, 11) is 0. The van der Waals surface area contributed by atoms with Crippen molar-refractivity contribution in [2.75, 3.05) is 19.7 Å². The molecule has 5 rings (SSSR count). The lowest BCUT2D eigenvalue weighted by Gasteiger charge is -2.40. The Balaban J connectivity index is 1.37. The Bertz CT molecular complexity index is 1340. The van der Waals surface area contributed by atoms with Gasteiger partial charge in [-0.15, -0.1) is 0 Å². The standard InChI is InChI=1S/C31H30FNO4/c32-26-14-12-24(13-15-26)27-16-18-33(31(34)35)20-29(27)37-21-25-11-10-23-8-4-5-9-28(23)30(25)36-19-17-22-6-2-1-3-7-22/h1-15,27,29H,16-21H2,(H,34,35)/p-1. The van der Waals surface area contributed by atoms with Gasteiger partial charge in [-0.3, -0.25) is 0 Å². The maximum atomic E-state index is 13.5. The Morgan fingerprint density at radius 2 is 1.70 bits per heavy atom. The minimum absolute atomic E-state index is 0.0564. The lowest BCUT2D eigenvalue weighted by atomic mass is 9.87. The summed E-state index contributed by atoms with van der Waals surface area (Å²) in [6, 6.07) is 28.7. The molecule has 2 unspecified atom stereocenters. The number of piperidine rings is 1. The third-order valence-electron chi connectivity index (χ3n) is 7.01. The molecule has 0 aromatic heterocycles. The Morgan fingerprint density at radius 1 is 0.946 bits per heavy atom. The van der Waals surface area contributed by atoms with Crippen LogP contribution in [-0.2, 0) is 17.8 Å². The minimum atomic E-state index is -1.21. The molecule has 2 atom stereocenters. The average Bonchev–Trinajstić information content (AvgIpc) is 2.93. The van der Waals surface area contributed by atoms with E-state index in [-0.39, 0.29) is 24.9 Å². The topological polar surface area (TPSA) is 61.8 Å². The normalized spacial score (nSPS) is 17.6. The van der Waals surface area contributed by atoms with Crippen molar-refractivity contribution in [1.29, 1.82) is 0 Å². The van der Waals surface area contributed by atoms with E-state index < -0.39 is 12.2 Å². The van der Waals surface area contributed by atoms with E-state index in [4.69, 9.17) is 9.47 Å². The maximum Gasteiger partial charge on any atom is 0.137 e. The summed E-state index contributed by atoms with van der Waals surface area (Å²) in [5.41, 5.74) is 3.03. The van der Waals surface area contributed by atoms with E-state index in [1.54, 1.807) is 12.1 Å². The van der Waals surface area contributed by atoms with Gasteiger partial charge in [-0.2, -0.15) is 0 Å². The molecule has 1 aliphatic heterocycles. The largest absolute Gasteiger partial charge is 0.530 e. The van der Waals surface area contributed by atoms with Gasteiger partial charge >= 0.3 is 0 Å². The van der Waals surface area contributed by atoms with Crippen molar-refractivity contribution < 1.29 is 23.8 Å². The number of fused-ring (bicyclic) bond motifs is 1. The highest BCUT2D eigenvalue weighted by Gasteiger charge is 2.31. The van der Waals surface area contributed by atoms with Crippen LogP contribution in [0.4, 0.5) is 9.18 Å². The zero-order chi connectivity index (χ0) is 25.6. The van der Waals surface area contributed by atoms with Crippen molar-refractivity contribution in [2.24, 2.45) is 0 Å². The van der Waals surface area contributed by atoms with E-state index >= 15 is 0 Å². The van der Waals surface area contributed by atoms with Crippen LogP contribution < -0.4 is 9.84 Å². The van der Waals surface area contributed by atoms with Crippen LogP contribution in [0.15, 0.2) is 91.0 Å². The second kappa shape index (κ2) is 11.4. The van der Waals surface area contributed by atoms with Crippen LogP contribution >= 0.6 is 0 Å². The molecule has 1 amide bonds. The van der Waals surface area contributed by atoms with Crippen LogP contribution in [-0.4, -0.2) is 36.8 Å². The number of ether oxygens (including phenoxy) is 2. The van der Waals surface area contributed by atoms with Crippen LogP contribution in [0.1, 0.15) is 29.0 Å². The van der Waals surface area contributed by atoms with Crippen LogP contribution in [0.25, 0.3) is 10.8 Å². The first-order valence-electron chi connectivity index (χ1n) is 12.6. The van der Waals surface area contributed by atoms with Crippen molar-refractivity contribution in [3.05, 3.63) is 114 Å². The fourth-order valence-electron chi connectivity index (χ4n) is 5.03. The number of likely N-dealkylation sites (tertiary alicyclic amines) is 1. The fourth-order valence-corrected chi connectivity index (χ4v) is 5.03. The highest BCUT2D eigenvalue weighted by Crippen LogP contribution is 2.34.